The molecule has 134 valence electrons. The first-order valence-electron chi connectivity index (χ1n) is 9.43. The Labute approximate surface area is 168 Å². The fourth-order valence-electron chi connectivity index (χ4n) is 4.36. The fourth-order valence-corrected chi connectivity index (χ4v) is 5.08. The van der Waals surface area contributed by atoms with Crippen LogP contribution in [0.3, 0.4) is 0 Å². The van der Waals surface area contributed by atoms with E-state index in [1.165, 1.54) is 63.3 Å². The lowest BCUT2D eigenvalue weighted by Crippen LogP contribution is -2.26. The standard InChI is InChI=1S/C22H27Br2N/c1-2-3-4-5-11-22(12-6-13-25)20-14-16(23)7-9-18(20)19-10-8-17(24)15-21(19)22/h7-10,14-15H,2-6,11-13,25H2,1H3. The number of benzene rings is 2. The minimum atomic E-state index is 0.103. The van der Waals surface area contributed by atoms with Gasteiger partial charge in [-0.1, -0.05) is 76.6 Å². The zero-order valence-corrected chi connectivity index (χ0v) is 18.1. The lowest BCUT2D eigenvalue weighted by atomic mass is 9.71. The van der Waals surface area contributed by atoms with Gasteiger partial charge in [-0.2, -0.15) is 0 Å². The third-order valence-corrected chi connectivity index (χ3v) is 6.54. The summed E-state index contributed by atoms with van der Waals surface area (Å²) in [4.78, 5) is 0. The molecule has 0 saturated carbocycles. The Morgan fingerprint density at radius 2 is 1.36 bits per heavy atom. The largest absolute Gasteiger partial charge is 0.330 e. The van der Waals surface area contributed by atoms with Crippen LogP contribution in [-0.4, -0.2) is 6.54 Å². The van der Waals surface area contributed by atoms with Gasteiger partial charge in [-0.15, -0.1) is 0 Å². The minimum absolute atomic E-state index is 0.103. The molecule has 3 heteroatoms. The topological polar surface area (TPSA) is 26.0 Å². The highest BCUT2D eigenvalue weighted by molar-refractivity contribution is 9.10. The van der Waals surface area contributed by atoms with Gasteiger partial charge in [-0.25, -0.2) is 0 Å². The van der Waals surface area contributed by atoms with Crippen LogP contribution < -0.4 is 5.73 Å². The predicted octanol–water partition coefficient (Wildman–Crippen LogP) is 7.19. The van der Waals surface area contributed by atoms with E-state index in [0.29, 0.717) is 0 Å². The maximum atomic E-state index is 5.92. The first-order chi connectivity index (χ1) is 12.1. The van der Waals surface area contributed by atoms with E-state index in [1.54, 1.807) is 0 Å². The zero-order chi connectivity index (χ0) is 17.9. The van der Waals surface area contributed by atoms with Crippen molar-refractivity contribution in [2.24, 2.45) is 5.73 Å². The second-order valence-corrected chi connectivity index (χ2v) is 9.00. The summed E-state index contributed by atoms with van der Waals surface area (Å²) in [6.07, 6.45) is 8.59. The maximum absolute atomic E-state index is 5.92. The molecule has 1 nitrogen and oxygen atoms in total. The smallest absolute Gasteiger partial charge is 0.0216 e. The van der Waals surface area contributed by atoms with Crippen LogP contribution in [0.4, 0.5) is 0 Å². The number of halogens is 2. The van der Waals surface area contributed by atoms with Gasteiger partial charge < -0.3 is 5.73 Å². The highest BCUT2D eigenvalue weighted by Crippen LogP contribution is 2.54. The van der Waals surface area contributed by atoms with Crippen LogP contribution in [0.15, 0.2) is 45.3 Å². The zero-order valence-electron chi connectivity index (χ0n) is 15.0. The van der Waals surface area contributed by atoms with Gasteiger partial charge in [0.25, 0.3) is 0 Å². The quantitative estimate of drug-likeness (QED) is 0.411. The molecule has 0 heterocycles. The highest BCUT2D eigenvalue weighted by Gasteiger charge is 2.42. The molecular weight excluding hydrogens is 438 g/mol. The second-order valence-electron chi connectivity index (χ2n) is 7.16. The van der Waals surface area contributed by atoms with Gasteiger partial charge >= 0.3 is 0 Å². The highest BCUT2D eigenvalue weighted by atomic mass is 79.9. The van der Waals surface area contributed by atoms with E-state index < -0.39 is 0 Å². The minimum Gasteiger partial charge on any atom is -0.330 e. The monoisotopic (exact) mass is 463 g/mol. The summed E-state index contributed by atoms with van der Waals surface area (Å²) in [7, 11) is 0. The van der Waals surface area contributed by atoms with Gasteiger partial charge in [0, 0.05) is 14.4 Å². The van der Waals surface area contributed by atoms with Crippen LogP contribution in [0.1, 0.15) is 63.0 Å². The van der Waals surface area contributed by atoms with Gasteiger partial charge in [-0.05, 0) is 72.3 Å². The number of hydrogen-bond acceptors (Lipinski definition) is 1. The molecule has 0 fully saturated rings. The number of unbranched alkanes of at least 4 members (excludes halogenated alkanes) is 3. The van der Waals surface area contributed by atoms with Crippen LogP contribution in [0.5, 0.6) is 0 Å². The molecule has 25 heavy (non-hydrogen) atoms. The van der Waals surface area contributed by atoms with E-state index in [0.717, 1.165) is 19.4 Å². The molecule has 0 radical (unpaired) electrons. The Morgan fingerprint density at radius 1 is 0.800 bits per heavy atom. The molecule has 0 amide bonds. The Hall–Kier alpha value is -0.640. The summed E-state index contributed by atoms with van der Waals surface area (Å²) >= 11 is 7.41. The third-order valence-electron chi connectivity index (χ3n) is 5.55. The van der Waals surface area contributed by atoms with Crippen molar-refractivity contribution in [3.8, 4) is 11.1 Å². The summed E-state index contributed by atoms with van der Waals surface area (Å²) in [6.45, 7) is 3.03. The molecule has 2 aromatic rings. The molecule has 2 aromatic carbocycles. The second kappa shape index (κ2) is 8.37. The van der Waals surface area contributed by atoms with Gasteiger partial charge in [0.1, 0.15) is 0 Å². The summed E-state index contributed by atoms with van der Waals surface area (Å²) < 4.78 is 2.34. The first kappa shape index (κ1) is 19.1. The molecule has 0 unspecified atom stereocenters. The molecule has 2 N–H and O–H groups in total. The van der Waals surface area contributed by atoms with Crippen molar-refractivity contribution in [1.82, 2.24) is 0 Å². The molecule has 1 aliphatic rings. The first-order valence-corrected chi connectivity index (χ1v) is 11.0. The van der Waals surface area contributed by atoms with Crippen LogP contribution in [0.2, 0.25) is 0 Å². The molecule has 0 atom stereocenters. The fraction of sp³-hybridized carbons (Fsp3) is 0.455. The Kier molecular flexibility index (Phi) is 6.40. The van der Waals surface area contributed by atoms with E-state index in [1.807, 2.05) is 0 Å². The van der Waals surface area contributed by atoms with Gasteiger partial charge in [-0.3, -0.25) is 0 Å². The molecular formula is C22H27Br2N. The average Bonchev–Trinajstić information content (AvgIpc) is 2.86. The molecule has 0 aliphatic heterocycles. The summed E-state index contributed by atoms with van der Waals surface area (Å²) in [5.41, 5.74) is 11.8. The molecule has 3 rings (SSSR count). The number of hydrogen-bond donors (Lipinski definition) is 1. The van der Waals surface area contributed by atoms with Crippen molar-refractivity contribution in [2.75, 3.05) is 6.54 Å². The third kappa shape index (κ3) is 3.74. The van der Waals surface area contributed by atoms with Crippen molar-refractivity contribution in [3.63, 3.8) is 0 Å². The number of fused-ring (bicyclic) bond motifs is 3. The van der Waals surface area contributed by atoms with Gasteiger partial charge in [0.05, 0.1) is 0 Å². The van der Waals surface area contributed by atoms with Gasteiger partial charge in [0.2, 0.25) is 0 Å². The van der Waals surface area contributed by atoms with E-state index in [-0.39, 0.29) is 5.41 Å². The Morgan fingerprint density at radius 3 is 1.88 bits per heavy atom. The molecule has 0 bridgehead atoms. The Bertz CT molecular complexity index is 687. The van der Waals surface area contributed by atoms with Crippen LogP contribution in [-0.2, 0) is 5.41 Å². The Balaban J connectivity index is 2.10. The van der Waals surface area contributed by atoms with E-state index >= 15 is 0 Å². The number of rotatable bonds is 8. The van der Waals surface area contributed by atoms with Crippen molar-refractivity contribution >= 4 is 31.9 Å². The van der Waals surface area contributed by atoms with Crippen molar-refractivity contribution in [1.29, 1.82) is 0 Å². The van der Waals surface area contributed by atoms with Crippen molar-refractivity contribution < 1.29 is 0 Å². The van der Waals surface area contributed by atoms with Crippen molar-refractivity contribution in [3.05, 3.63) is 56.5 Å². The maximum Gasteiger partial charge on any atom is 0.0216 e. The van der Waals surface area contributed by atoms with Crippen LogP contribution in [0, 0.1) is 0 Å². The van der Waals surface area contributed by atoms with Crippen LogP contribution >= 0.6 is 31.9 Å². The summed E-state index contributed by atoms with van der Waals surface area (Å²) in [5.74, 6) is 0. The summed E-state index contributed by atoms with van der Waals surface area (Å²) in [5, 5.41) is 0. The van der Waals surface area contributed by atoms with Crippen LogP contribution in [0.25, 0.3) is 11.1 Å². The normalized spacial score (nSPS) is 14.4. The molecule has 0 saturated heterocycles. The van der Waals surface area contributed by atoms with Gasteiger partial charge in [0.15, 0.2) is 0 Å². The molecule has 1 aliphatic carbocycles. The van der Waals surface area contributed by atoms with Crippen molar-refractivity contribution in [2.45, 2.75) is 57.3 Å². The lowest BCUT2D eigenvalue weighted by molar-refractivity contribution is 0.411. The SMILES string of the molecule is CCCCCCC1(CCCN)c2cc(Br)ccc2-c2ccc(Br)cc21. The lowest BCUT2D eigenvalue weighted by Gasteiger charge is -2.33. The molecule has 0 spiro atoms. The van der Waals surface area contributed by atoms with E-state index in [4.69, 9.17) is 5.73 Å². The molecule has 0 aromatic heterocycles. The summed E-state index contributed by atoms with van der Waals surface area (Å²) in [6, 6.07) is 13.6. The predicted molar refractivity (Wildman–Crippen MR) is 115 cm³/mol. The van der Waals surface area contributed by atoms with E-state index in [9.17, 15) is 0 Å². The van der Waals surface area contributed by atoms with E-state index in [2.05, 4.69) is 75.2 Å². The average molecular weight is 465 g/mol. The number of nitrogens with two attached hydrogens (primary N) is 1.